The van der Waals surface area contributed by atoms with Gasteiger partial charge in [0, 0.05) is 24.3 Å². The second kappa shape index (κ2) is 4.98. The molecule has 3 heteroatoms. The Morgan fingerprint density at radius 1 is 1.33 bits per heavy atom. The van der Waals surface area contributed by atoms with Crippen LogP contribution in [-0.2, 0) is 6.54 Å². The summed E-state index contributed by atoms with van der Waals surface area (Å²) >= 11 is 0. The lowest BCUT2D eigenvalue weighted by molar-refractivity contribution is 0.0534. The molecule has 1 atom stereocenters. The van der Waals surface area contributed by atoms with Crippen molar-refractivity contribution in [2.45, 2.75) is 44.7 Å². The van der Waals surface area contributed by atoms with Crippen LogP contribution in [0.25, 0.3) is 0 Å². The number of likely N-dealkylation sites (tertiary alicyclic amines) is 1. The highest BCUT2D eigenvalue weighted by Crippen LogP contribution is 2.34. The Bertz CT molecular complexity index is 410. The number of hydrogen-bond donors (Lipinski definition) is 1. The number of nitrogens with one attached hydrogen (secondary N) is 1. The SMILES string of the molecule is Cc1cccc(CN2CCCC[C@@]23CCNC3)n1. The maximum absolute atomic E-state index is 4.66. The molecule has 2 saturated heterocycles. The van der Waals surface area contributed by atoms with E-state index in [1.54, 1.807) is 0 Å². The Morgan fingerprint density at radius 3 is 3.06 bits per heavy atom. The van der Waals surface area contributed by atoms with Gasteiger partial charge in [-0.15, -0.1) is 0 Å². The first-order valence-corrected chi connectivity index (χ1v) is 7.17. The van der Waals surface area contributed by atoms with Crippen LogP contribution >= 0.6 is 0 Å². The first-order chi connectivity index (χ1) is 8.78. The molecule has 3 heterocycles. The largest absolute Gasteiger partial charge is 0.315 e. The van der Waals surface area contributed by atoms with Gasteiger partial charge in [0.2, 0.25) is 0 Å². The van der Waals surface area contributed by atoms with Crippen molar-refractivity contribution in [2.75, 3.05) is 19.6 Å². The summed E-state index contributed by atoms with van der Waals surface area (Å²) in [7, 11) is 0. The van der Waals surface area contributed by atoms with Gasteiger partial charge in [0.05, 0.1) is 5.69 Å². The average Bonchev–Trinajstić information content (AvgIpc) is 2.82. The second-order valence-corrected chi connectivity index (χ2v) is 5.80. The van der Waals surface area contributed by atoms with E-state index in [-0.39, 0.29) is 0 Å². The Kier molecular flexibility index (Phi) is 3.35. The van der Waals surface area contributed by atoms with Crippen molar-refractivity contribution in [3.63, 3.8) is 0 Å². The fraction of sp³-hybridized carbons (Fsp3) is 0.667. The number of nitrogens with zero attached hydrogens (tertiary/aromatic N) is 2. The number of hydrogen-bond acceptors (Lipinski definition) is 3. The van der Waals surface area contributed by atoms with Crippen LogP contribution in [0.4, 0.5) is 0 Å². The number of aromatic nitrogens is 1. The van der Waals surface area contributed by atoms with Gasteiger partial charge >= 0.3 is 0 Å². The van der Waals surface area contributed by atoms with Crippen LogP contribution in [0.2, 0.25) is 0 Å². The molecule has 1 N–H and O–H groups in total. The molecule has 0 aromatic carbocycles. The number of piperidine rings is 1. The number of pyridine rings is 1. The van der Waals surface area contributed by atoms with E-state index in [1.165, 1.54) is 51.0 Å². The van der Waals surface area contributed by atoms with Gasteiger partial charge in [-0.2, -0.15) is 0 Å². The van der Waals surface area contributed by atoms with Crippen molar-refractivity contribution >= 4 is 0 Å². The van der Waals surface area contributed by atoms with Crippen LogP contribution in [-0.4, -0.2) is 35.1 Å². The van der Waals surface area contributed by atoms with E-state index in [4.69, 9.17) is 0 Å². The highest BCUT2D eigenvalue weighted by atomic mass is 15.2. The lowest BCUT2D eigenvalue weighted by Crippen LogP contribution is -2.52. The van der Waals surface area contributed by atoms with E-state index >= 15 is 0 Å². The highest BCUT2D eigenvalue weighted by molar-refractivity contribution is 5.11. The van der Waals surface area contributed by atoms with Crippen LogP contribution in [0, 0.1) is 6.92 Å². The molecule has 0 bridgehead atoms. The predicted octanol–water partition coefficient (Wildman–Crippen LogP) is 2.11. The van der Waals surface area contributed by atoms with Gasteiger partial charge in [-0.05, 0) is 51.4 Å². The van der Waals surface area contributed by atoms with Gasteiger partial charge in [0.25, 0.3) is 0 Å². The minimum atomic E-state index is 0.420. The van der Waals surface area contributed by atoms with E-state index in [0.717, 1.165) is 12.2 Å². The van der Waals surface area contributed by atoms with Gasteiger partial charge in [0.1, 0.15) is 0 Å². The fourth-order valence-electron chi connectivity index (χ4n) is 3.50. The molecular formula is C15H23N3. The van der Waals surface area contributed by atoms with Crippen LogP contribution < -0.4 is 5.32 Å². The molecule has 0 amide bonds. The standard InChI is InChI=1S/C15H23N3/c1-13-5-4-6-14(17-13)11-18-10-3-2-7-15(18)8-9-16-12-15/h4-6,16H,2-3,7-12H2,1H3/t15-/m0/s1. The summed E-state index contributed by atoms with van der Waals surface area (Å²) in [6, 6.07) is 6.37. The molecule has 18 heavy (non-hydrogen) atoms. The molecule has 0 radical (unpaired) electrons. The molecule has 1 aromatic heterocycles. The lowest BCUT2D eigenvalue weighted by Gasteiger charge is -2.44. The Hall–Kier alpha value is -0.930. The summed E-state index contributed by atoms with van der Waals surface area (Å²) in [4.78, 5) is 7.34. The Balaban J connectivity index is 1.77. The summed E-state index contributed by atoms with van der Waals surface area (Å²) in [6.45, 7) is 6.67. The third kappa shape index (κ3) is 2.29. The smallest absolute Gasteiger partial charge is 0.0547 e. The molecule has 2 aliphatic heterocycles. The van der Waals surface area contributed by atoms with E-state index in [1.807, 2.05) is 0 Å². The van der Waals surface area contributed by atoms with Crippen LogP contribution in [0.15, 0.2) is 18.2 Å². The van der Waals surface area contributed by atoms with Crippen molar-refractivity contribution in [3.05, 3.63) is 29.6 Å². The summed E-state index contributed by atoms with van der Waals surface area (Å²) in [5.74, 6) is 0. The van der Waals surface area contributed by atoms with E-state index in [2.05, 4.69) is 40.3 Å². The molecule has 1 aromatic rings. The monoisotopic (exact) mass is 245 g/mol. The van der Waals surface area contributed by atoms with Gasteiger partial charge < -0.3 is 5.32 Å². The van der Waals surface area contributed by atoms with Crippen LogP contribution in [0.5, 0.6) is 0 Å². The van der Waals surface area contributed by atoms with Crippen molar-refractivity contribution in [3.8, 4) is 0 Å². The predicted molar refractivity (Wildman–Crippen MR) is 73.5 cm³/mol. The van der Waals surface area contributed by atoms with Crippen molar-refractivity contribution in [1.82, 2.24) is 15.2 Å². The lowest BCUT2D eigenvalue weighted by atomic mass is 9.85. The van der Waals surface area contributed by atoms with E-state index < -0.39 is 0 Å². The molecular weight excluding hydrogens is 222 g/mol. The molecule has 2 fully saturated rings. The molecule has 0 saturated carbocycles. The van der Waals surface area contributed by atoms with E-state index in [0.29, 0.717) is 5.54 Å². The zero-order valence-corrected chi connectivity index (χ0v) is 11.3. The second-order valence-electron chi connectivity index (χ2n) is 5.80. The quantitative estimate of drug-likeness (QED) is 0.865. The van der Waals surface area contributed by atoms with Gasteiger partial charge in [0.15, 0.2) is 0 Å². The maximum atomic E-state index is 4.66. The molecule has 1 spiro atoms. The first kappa shape index (κ1) is 12.1. The molecule has 2 aliphatic rings. The molecule has 3 nitrogen and oxygen atoms in total. The van der Waals surface area contributed by atoms with Gasteiger partial charge in [-0.1, -0.05) is 12.5 Å². The molecule has 3 rings (SSSR count). The Labute approximate surface area is 110 Å². The van der Waals surface area contributed by atoms with Crippen LogP contribution in [0.1, 0.15) is 37.1 Å². The summed E-state index contributed by atoms with van der Waals surface area (Å²) in [6.07, 6.45) is 5.39. The molecule has 98 valence electrons. The minimum Gasteiger partial charge on any atom is -0.315 e. The summed E-state index contributed by atoms with van der Waals surface area (Å²) in [5, 5.41) is 3.55. The minimum absolute atomic E-state index is 0.420. The van der Waals surface area contributed by atoms with Gasteiger partial charge in [-0.3, -0.25) is 9.88 Å². The first-order valence-electron chi connectivity index (χ1n) is 7.17. The van der Waals surface area contributed by atoms with E-state index in [9.17, 15) is 0 Å². The fourth-order valence-corrected chi connectivity index (χ4v) is 3.50. The third-order valence-corrected chi connectivity index (χ3v) is 4.51. The zero-order valence-electron chi connectivity index (χ0n) is 11.3. The van der Waals surface area contributed by atoms with Gasteiger partial charge in [-0.25, -0.2) is 0 Å². The topological polar surface area (TPSA) is 28.2 Å². The van der Waals surface area contributed by atoms with Crippen molar-refractivity contribution < 1.29 is 0 Å². The van der Waals surface area contributed by atoms with Crippen LogP contribution in [0.3, 0.4) is 0 Å². The van der Waals surface area contributed by atoms with Crippen molar-refractivity contribution in [1.29, 1.82) is 0 Å². The molecule has 0 aliphatic carbocycles. The average molecular weight is 245 g/mol. The summed E-state index contributed by atoms with van der Waals surface area (Å²) < 4.78 is 0. The maximum Gasteiger partial charge on any atom is 0.0547 e. The Morgan fingerprint density at radius 2 is 2.28 bits per heavy atom. The zero-order chi connectivity index (χ0) is 12.4. The number of rotatable bonds is 2. The third-order valence-electron chi connectivity index (χ3n) is 4.51. The summed E-state index contributed by atoms with van der Waals surface area (Å²) in [5.41, 5.74) is 2.77. The number of aryl methyl sites for hydroxylation is 1. The molecule has 0 unspecified atom stereocenters. The van der Waals surface area contributed by atoms with Crippen molar-refractivity contribution in [2.24, 2.45) is 0 Å². The highest BCUT2D eigenvalue weighted by Gasteiger charge is 2.40. The normalized spacial score (nSPS) is 28.9.